The maximum atomic E-state index is 13.5. The number of benzene rings is 2. The van der Waals surface area contributed by atoms with E-state index in [2.05, 4.69) is 17.9 Å². The van der Waals surface area contributed by atoms with Gasteiger partial charge in [-0.3, -0.25) is 14.9 Å². The van der Waals surface area contributed by atoms with Gasteiger partial charge in [-0.1, -0.05) is 37.6 Å². The van der Waals surface area contributed by atoms with E-state index in [9.17, 15) is 18.4 Å². The van der Waals surface area contributed by atoms with Gasteiger partial charge >= 0.3 is 0 Å². The summed E-state index contributed by atoms with van der Waals surface area (Å²) in [5.74, 6) is -0.510. The number of carbonyl (C=O) groups is 1. The lowest BCUT2D eigenvalue weighted by Gasteiger charge is -2.39. The highest BCUT2D eigenvalue weighted by molar-refractivity contribution is 7.92. The van der Waals surface area contributed by atoms with Crippen molar-refractivity contribution in [2.75, 3.05) is 19.7 Å². The molecule has 1 fully saturated rings. The number of amides is 1. The quantitative estimate of drug-likeness (QED) is 0.301. The summed E-state index contributed by atoms with van der Waals surface area (Å²) in [5.41, 5.74) is 3.74. The van der Waals surface area contributed by atoms with Crippen LogP contribution < -0.4 is 10.2 Å². The number of hydrogen-bond acceptors (Lipinski definition) is 7. The Kier molecular flexibility index (Phi) is 8.67. The minimum atomic E-state index is -3.92. The van der Waals surface area contributed by atoms with Crippen molar-refractivity contribution >= 4 is 15.7 Å². The van der Waals surface area contributed by atoms with E-state index in [4.69, 9.17) is 10.00 Å². The van der Waals surface area contributed by atoms with E-state index >= 15 is 0 Å². The van der Waals surface area contributed by atoms with Gasteiger partial charge in [0.2, 0.25) is 0 Å². The lowest BCUT2D eigenvalue weighted by atomic mass is 9.94. The topological polar surface area (TPSA) is 120 Å². The van der Waals surface area contributed by atoms with Crippen LogP contribution in [-0.2, 0) is 26.9 Å². The minimum Gasteiger partial charge on any atom is -0.494 e. The fourth-order valence-electron chi connectivity index (χ4n) is 4.17. The van der Waals surface area contributed by atoms with Crippen LogP contribution >= 0.6 is 0 Å². The van der Waals surface area contributed by atoms with E-state index < -0.39 is 20.5 Å². The van der Waals surface area contributed by atoms with E-state index in [1.54, 1.807) is 41.9 Å². The molecule has 0 bridgehead atoms. The Balaban J connectivity index is 1.69. The molecule has 3 rings (SSSR count). The highest BCUT2D eigenvalue weighted by Crippen LogP contribution is 2.34. The van der Waals surface area contributed by atoms with Crippen LogP contribution in [0, 0.1) is 11.3 Å². The number of sulfone groups is 1. The number of carbonyl (C=O) groups excluding carboxylic acids is 1. The third-order valence-corrected chi connectivity index (χ3v) is 8.81. The molecule has 1 aliphatic rings. The molecule has 34 heavy (non-hydrogen) atoms. The van der Waals surface area contributed by atoms with Crippen molar-refractivity contribution < 1.29 is 23.2 Å². The molecule has 1 amide bonds. The Hall–Kier alpha value is -2.93. The predicted molar refractivity (Wildman–Crippen MR) is 128 cm³/mol. The predicted octanol–water partition coefficient (Wildman–Crippen LogP) is 3.19. The number of piperidine rings is 1. The van der Waals surface area contributed by atoms with Crippen LogP contribution in [0.1, 0.15) is 49.3 Å². The van der Waals surface area contributed by atoms with Crippen LogP contribution in [0.25, 0.3) is 0 Å². The summed E-state index contributed by atoms with van der Waals surface area (Å²) < 4.78 is 30.8. The molecule has 8 nitrogen and oxygen atoms in total. The second-order valence-corrected chi connectivity index (χ2v) is 10.9. The van der Waals surface area contributed by atoms with E-state index in [0.29, 0.717) is 43.1 Å². The van der Waals surface area contributed by atoms with E-state index in [1.807, 2.05) is 12.1 Å². The number of ether oxygens (including phenoxy) is 1. The fraction of sp³-hybridized carbons (Fsp3) is 0.440. The molecule has 0 radical (unpaired) electrons. The molecule has 2 N–H and O–H groups in total. The standard InChI is InChI=1S/C25H31N3O5S/c1-2-3-16-33-23-10-8-22(9-11-23)19-34(31,32)25(24(29)27-30)12-14-28(15-13-25)18-21-6-4-20(17-26)5-7-21/h4-11,30H,2-3,12-16,18-19H2,1H3,(H,27,29). The third-order valence-electron chi connectivity index (χ3n) is 6.31. The van der Waals surface area contributed by atoms with Crippen molar-refractivity contribution in [2.24, 2.45) is 0 Å². The Morgan fingerprint density at radius 1 is 1.12 bits per heavy atom. The summed E-state index contributed by atoms with van der Waals surface area (Å²) in [7, 11) is -3.92. The van der Waals surface area contributed by atoms with E-state index in [-0.39, 0.29) is 18.6 Å². The molecular formula is C25H31N3O5S. The van der Waals surface area contributed by atoms with Crippen molar-refractivity contribution in [3.8, 4) is 11.8 Å². The molecule has 0 spiro atoms. The number of unbranched alkanes of at least 4 members (excludes halogenated alkanes) is 1. The first kappa shape index (κ1) is 25.7. The second kappa shape index (κ2) is 11.5. The lowest BCUT2D eigenvalue weighted by Crippen LogP contribution is -2.57. The molecule has 0 unspecified atom stereocenters. The highest BCUT2D eigenvalue weighted by Gasteiger charge is 2.51. The summed E-state index contributed by atoms with van der Waals surface area (Å²) in [5, 5.41) is 18.3. The smallest absolute Gasteiger partial charge is 0.264 e. The molecule has 0 atom stereocenters. The van der Waals surface area contributed by atoms with E-state index in [1.165, 1.54) is 0 Å². The van der Waals surface area contributed by atoms with Crippen molar-refractivity contribution in [3.63, 3.8) is 0 Å². The number of nitriles is 1. The average Bonchev–Trinajstić information content (AvgIpc) is 2.85. The molecule has 1 heterocycles. The van der Waals surface area contributed by atoms with Crippen molar-refractivity contribution in [3.05, 3.63) is 65.2 Å². The van der Waals surface area contributed by atoms with Crippen LogP contribution in [0.2, 0.25) is 0 Å². The summed E-state index contributed by atoms with van der Waals surface area (Å²) in [6, 6.07) is 16.2. The Labute approximate surface area is 201 Å². The van der Waals surface area contributed by atoms with Crippen LogP contribution in [0.5, 0.6) is 5.75 Å². The number of nitrogens with zero attached hydrogens (tertiary/aromatic N) is 2. The first-order chi connectivity index (χ1) is 16.3. The number of hydroxylamine groups is 1. The zero-order valence-corrected chi connectivity index (χ0v) is 20.2. The SMILES string of the molecule is CCCCOc1ccc(CS(=O)(=O)C2(C(=O)NO)CCN(Cc3ccc(C#N)cc3)CC2)cc1. The van der Waals surface area contributed by atoms with Crippen LogP contribution in [0.15, 0.2) is 48.5 Å². The fourth-order valence-corrected chi connectivity index (χ4v) is 6.21. The van der Waals surface area contributed by atoms with Crippen LogP contribution in [-0.4, -0.2) is 48.9 Å². The number of rotatable bonds is 10. The first-order valence-electron chi connectivity index (χ1n) is 11.4. The number of likely N-dealkylation sites (tertiary alicyclic amines) is 1. The van der Waals surface area contributed by atoms with Crippen LogP contribution in [0.3, 0.4) is 0 Å². The number of hydrogen-bond donors (Lipinski definition) is 2. The molecular weight excluding hydrogens is 454 g/mol. The summed E-state index contributed by atoms with van der Waals surface area (Å²) >= 11 is 0. The maximum Gasteiger partial charge on any atom is 0.264 e. The molecule has 0 aliphatic carbocycles. The number of nitrogens with one attached hydrogen (secondary N) is 1. The lowest BCUT2D eigenvalue weighted by molar-refractivity contribution is -0.133. The van der Waals surface area contributed by atoms with Crippen LogP contribution in [0.4, 0.5) is 0 Å². The zero-order chi connectivity index (χ0) is 24.6. The van der Waals surface area contributed by atoms with Gasteiger partial charge in [-0.15, -0.1) is 0 Å². The molecule has 1 aliphatic heterocycles. The Bertz CT molecular complexity index is 1100. The van der Waals surface area contributed by atoms with Crippen molar-refractivity contribution in [1.82, 2.24) is 10.4 Å². The van der Waals surface area contributed by atoms with Gasteiger partial charge in [0.05, 0.1) is 24.0 Å². The Morgan fingerprint density at radius 2 is 1.74 bits per heavy atom. The molecule has 9 heteroatoms. The van der Waals surface area contributed by atoms with Gasteiger partial charge in [0, 0.05) is 19.6 Å². The molecule has 182 valence electrons. The third kappa shape index (κ3) is 5.95. The minimum absolute atomic E-state index is 0.0796. The van der Waals surface area contributed by atoms with Crippen molar-refractivity contribution in [2.45, 2.75) is 49.7 Å². The molecule has 2 aromatic rings. The average molecular weight is 486 g/mol. The summed E-state index contributed by atoms with van der Waals surface area (Å²) in [6.45, 7) is 4.04. The van der Waals surface area contributed by atoms with Gasteiger partial charge in [0.1, 0.15) is 5.75 Å². The largest absolute Gasteiger partial charge is 0.494 e. The molecule has 1 saturated heterocycles. The molecule has 0 saturated carbocycles. The second-order valence-electron chi connectivity index (χ2n) is 8.63. The summed E-state index contributed by atoms with van der Waals surface area (Å²) in [6.07, 6.45) is 2.12. The maximum absolute atomic E-state index is 13.5. The van der Waals surface area contributed by atoms with Gasteiger partial charge in [0.25, 0.3) is 5.91 Å². The van der Waals surface area contributed by atoms with Gasteiger partial charge in [-0.2, -0.15) is 5.26 Å². The van der Waals surface area contributed by atoms with Gasteiger partial charge in [-0.25, -0.2) is 13.9 Å². The van der Waals surface area contributed by atoms with Gasteiger partial charge in [-0.05, 0) is 54.7 Å². The Morgan fingerprint density at radius 3 is 2.29 bits per heavy atom. The highest BCUT2D eigenvalue weighted by atomic mass is 32.2. The van der Waals surface area contributed by atoms with Gasteiger partial charge in [0.15, 0.2) is 14.6 Å². The summed E-state index contributed by atoms with van der Waals surface area (Å²) in [4.78, 5) is 14.7. The zero-order valence-electron chi connectivity index (χ0n) is 19.4. The first-order valence-corrected chi connectivity index (χ1v) is 13.1. The van der Waals surface area contributed by atoms with Gasteiger partial charge < -0.3 is 4.74 Å². The monoisotopic (exact) mass is 485 g/mol. The molecule has 0 aromatic heterocycles. The molecule has 2 aromatic carbocycles. The normalized spacial score (nSPS) is 15.9. The van der Waals surface area contributed by atoms with E-state index in [0.717, 1.165) is 18.4 Å². The van der Waals surface area contributed by atoms with Crippen molar-refractivity contribution in [1.29, 1.82) is 5.26 Å².